The third-order valence-electron chi connectivity index (χ3n) is 4.38. The van der Waals surface area contributed by atoms with Crippen LogP contribution in [0.2, 0.25) is 0 Å². The molecule has 106 valence electrons. The van der Waals surface area contributed by atoms with Gasteiger partial charge >= 0.3 is 0 Å². The molecule has 1 saturated carbocycles. The second-order valence-electron chi connectivity index (χ2n) is 6.08. The molecular weight excluding hydrogens is 236 g/mol. The van der Waals surface area contributed by atoms with Gasteiger partial charge in [-0.2, -0.15) is 5.10 Å². The van der Waals surface area contributed by atoms with Crippen LogP contribution in [0.15, 0.2) is 6.20 Å². The minimum absolute atomic E-state index is 0.711. The summed E-state index contributed by atoms with van der Waals surface area (Å²) in [6.45, 7) is 5.70. The second-order valence-corrected chi connectivity index (χ2v) is 6.08. The van der Waals surface area contributed by atoms with Crippen molar-refractivity contribution >= 4 is 0 Å². The zero-order valence-corrected chi connectivity index (χ0v) is 12.2. The van der Waals surface area contributed by atoms with Crippen LogP contribution in [-0.2, 0) is 20.0 Å². The summed E-state index contributed by atoms with van der Waals surface area (Å²) in [5.74, 6) is 0. The van der Waals surface area contributed by atoms with Gasteiger partial charge in [-0.15, -0.1) is 0 Å². The Morgan fingerprint density at radius 2 is 2.26 bits per heavy atom. The van der Waals surface area contributed by atoms with E-state index in [1.165, 1.54) is 50.0 Å². The normalized spacial score (nSPS) is 23.4. The van der Waals surface area contributed by atoms with Crippen molar-refractivity contribution < 1.29 is 0 Å². The molecule has 19 heavy (non-hydrogen) atoms. The first-order valence-electron chi connectivity index (χ1n) is 7.75. The van der Waals surface area contributed by atoms with Gasteiger partial charge < -0.3 is 5.32 Å². The van der Waals surface area contributed by atoms with Crippen molar-refractivity contribution in [2.45, 2.75) is 57.7 Å². The fourth-order valence-electron chi connectivity index (χ4n) is 3.21. The van der Waals surface area contributed by atoms with Crippen LogP contribution in [0.3, 0.4) is 0 Å². The van der Waals surface area contributed by atoms with Gasteiger partial charge in [-0.3, -0.25) is 9.58 Å². The van der Waals surface area contributed by atoms with Crippen molar-refractivity contribution in [3.05, 3.63) is 17.5 Å². The largest absolute Gasteiger partial charge is 0.313 e. The summed E-state index contributed by atoms with van der Waals surface area (Å²) in [5.41, 5.74) is 2.70. The van der Waals surface area contributed by atoms with Crippen LogP contribution in [0.1, 0.15) is 43.9 Å². The summed E-state index contributed by atoms with van der Waals surface area (Å²) >= 11 is 0. The van der Waals surface area contributed by atoms with Crippen LogP contribution in [-0.4, -0.2) is 39.9 Å². The molecule has 0 radical (unpaired) electrons. The summed E-state index contributed by atoms with van der Waals surface area (Å²) in [5, 5.41) is 8.19. The highest BCUT2D eigenvalue weighted by Crippen LogP contribution is 2.29. The molecule has 0 spiro atoms. The SMILES string of the molecule is CCc1nn(C)cc1CN(C[C@@H]1CCCN1)C1CC1. The zero-order valence-electron chi connectivity index (χ0n) is 12.2. The van der Waals surface area contributed by atoms with E-state index in [2.05, 4.69) is 28.4 Å². The summed E-state index contributed by atoms with van der Waals surface area (Å²) in [6, 6.07) is 1.54. The Kier molecular flexibility index (Phi) is 3.89. The van der Waals surface area contributed by atoms with Crippen LogP contribution in [0.4, 0.5) is 0 Å². The molecule has 1 aromatic heterocycles. The summed E-state index contributed by atoms with van der Waals surface area (Å²) in [4.78, 5) is 2.68. The number of rotatable bonds is 6. The first-order chi connectivity index (χ1) is 9.26. The molecule has 2 aliphatic rings. The maximum absolute atomic E-state index is 4.57. The molecule has 2 heterocycles. The molecule has 0 unspecified atom stereocenters. The van der Waals surface area contributed by atoms with Crippen molar-refractivity contribution in [2.24, 2.45) is 7.05 Å². The van der Waals surface area contributed by atoms with Crippen molar-refractivity contribution in [1.82, 2.24) is 20.0 Å². The Bertz CT molecular complexity index is 416. The Balaban J connectivity index is 1.66. The van der Waals surface area contributed by atoms with Crippen LogP contribution in [0.5, 0.6) is 0 Å². The molecule has 4 nitrogen and oxygen atoms in total. The molecule has 0 aromatic carbocycles. The van der Waals surface area contributed by atoms with Crippen molar-refractivity contribution in [3.8, 4) is 0 Å². The third-order valence-corrected chi connectivity index (χ3v) is 4.38. The molecule has 0 amide bonds. The van der Waals surface area contributed by atoms with E-state index in [1.807, 2.05) is 11.7 Å². The van der Waals surface area contributed by atoms with E-state index in [4.69, 9.17) is 0 Å². The van der Waals surface area contributed by atoms with Gasteiger partial charge in [0.1, 0.15) is 0 Å². The Hall–Kier alpha value is -0.870. The van der Waals surface area contributed by atoms with Crippen molar-refractivity contribution in [3.63, 3.8) is 0 Å². The quantitative estimate of drug-likeness (QED) is 0.847. The molecule has 4 heteroatoms. The number of hydrogen-bond donors (Lipinski definition) is 1. The average Bonchev–Trinajstić information content (AvgIpc) is 3.01. The van der Waals surface area contributed by atoms with Gasteiger partial charge in [-0.25, -0.2) is 0 Å². The number of aromatic nitrogens is 2. The highest BCUT2D eigenvalue weighted by molar-refractivity contribution is 5.17. The van der Waals surface area contributed by atoms with Crippen LogP contribution in [0.25, 0.3) is 0 Å². The van der Waals surface area contributed by atoms with Gasteiger partial charge in [0, 0.05) is 44.0 Å². The van der Waals surface area contributed by atoms with Crippen molar-refractivity contribution in [2.75, 3.05) is 13.1 Å². The minimum atomic E-state index is 0.711. The average molecular weight is 262 g/mol. The Labute approximate surface area is 116 Å². The highest BCUT2D eigenvalue weighted by atomic mass is 15.3. The van der Waals surface area contributed by atoms with E-state index in [9.17, 15) is 0 Å². The first kappa shape index (κ1) is 13.1. The number of nitrogens with one attached hydrogen (secondary N) is 1. The van der Waals surface area contributed by atoms with Gasteiger partial charge in [-0.05, 0) is 38.6 Å². The molecule has 0 bridgehead atoms. The molecule has 1 aliphatic carbocycles. The van der Waals surface area contributed by atoms with Gasteiger partial charge in [0.15, 0.2) is 0 Å². The first-order valence-corrected chi connectivity index (χ1v) is 7.75. The molecule has 1 aromatic rings. The molecule has 1 atom stereocenters. The lowest BCUT2D eigenvalue weighted by Gasteiger charge is -2.25. The lowest BCUT2D eigenvalue weighted by Crippen LogP contribution is -2.38. The van der Waals surface area contributed by atoms with Gasteiger partial charge in [0.2, 0.25) is 0 Å². The second kappa shape index (κ2) is 5.63. The monoisotopic (exact) mass is 262 g/mol. The van der Waals surface area contributed by atoms with Gasteiger partial charge in [0.05, 0.1) is 5.69 Å². The molecule has 1 N–H and O–H groups in total. The van der Waals surface area contributed by atoms with Crippen LogP contribution in [0, 0.1) is 0 Å². The highest BCUT2D eigenvalue weighted by Gasteiger charge is 2.31. The summed E-state index contributed by atoms with van der Waals surface area (Å²) in [7, 11) is 2.03. The fourth-order valence-corrected chi connectivity index (χ4v) is 3.21. The van der Waals surface area contributed by atoms with Crippen molar-refractivity contribution in [1.29, 1.82) is 0 Å². The predicted molar refractivity (Wildman–Crippen MR) is 77.0 cm³/mol. The summed E-state index contributed by atoms with van der Waals surface area (Å²) in [6.07, 6.45) is 8.70. The number of aryl methyl sites for hydroxylation is 2. The lowest BCUT2D eigenvalue weighted by molar-refractivity contribution is 0.230. The standard InChI is InChI=1S/C15H26N4/c1-3-15-12(9-18(2)17-15)10-19(14-6-7-14)11-13-5-4-8-16-13/h9,13-14,16H,3-8,10-11H2,1-2H3/t13-/m0/s1. The number of hydrogen-bond acceptors (Lipinski definition) is 3. The van der Waals surface area contributed by atoms with E-state index in [0.717, 1.165) is 19.0 Å². The third kappa shape index (κ3) is 3.18. The predicted octanol–water partition coefficient (Wildman–Crippen LogP) is 1.70. The maximum atomic E-state index is 4.57. The molecule has 1 saturated heterocycles. The van der Waals surface area contributed by atoms with E-state index < -0.39 is 0 Å². The minimum Gasteiger partial charge on any atom is -0.313 e. The van der Waals surface area contributed by atoms with E-state index >= 15 is 0 Å². The number of nitrogens with zero attached hydrogens (tertiary/aromatic N) is 3. The van der Waals surface area contributed by atoms with E-state index in [1.54, 1.807) is 0 Å². The molecule has 1 aliphatic heterocycles. The molecular formula is C15H26N4. The van der Waals surface area contributed by atoms with Gasteiger partial charge in [0.25, 0.3) is 0 Å². The van der Waals surface area contributed by atoms with Crippen LogP contribution < -0.4 is 5.32 Å². The Morgan fingerprint density at radius 3 is 2.89 bits per heavy atom. The molecule has 3 rings (SSSR count). The van der Waals surface area contributed by atoms with Gasteiger partial charge in [-0.1, -0.05) is 6.92 Å². The molecule has 2 fully saturated rings. The maximum Gasteiger partial charge on any atom is 0.0666 e. The zero-order chi connectivity index (χ0) is 13.2. The topological polar surface area (TPSA) is 33.1 Å². The van der Waals surface area contributed by atoms with Crippen LogP contribution >= 0.6 is 0 Å². The lowest BCUT2D eigenvalue weighted by atomic mass is 10.1. The summed E-state index contributed by atoms with van der Waals surface area (Å²) < 4.78 is 1.97. The van der Waals surface area contributed by atoms with E-state index in [0.29, 0.717) is 6.04 Å². The smallest absolute Gasteiger partial charge is 0.0666 e. The Morgan fingerprint density at radius 1 is 1.42 bits per heavy atom. The van der Waals surface area contributed by atoms with E-state index in [-0.39, 0.29) is 0 Å². The fraction of sp³-hybridized carbons (Fsp3) is 0.800.